The second-order valence-corrected chi connectivity index (χ2v) is 5.12. The van der Waals surface area contributed by atoms with Crippen molar-refractivity contribution in [3.05, 3.63) is 29.8 Å². The first-order valence-corrected chi connectivity index (χ1v) is 5.88. The smallest absolute Gasteiger partial charge is 0.406 e. The third-order valence-electron chi connectivity index (χ3n) is 2.52. The van der Waals surface area contributed by atoms with Gasteiger partial charge in [-0.1, -0.05) is 26.0 Å². The lowest BCUT2D eigenvalue weighted by molar-refractivity contribution is -0.274. The van der Waals surface area contributed by atoms with Crippen LogP contribution in [0, 0.1) is 5.41 Å². The van der Waals surface area contributed by atoms with Crippen LogP contribution < -0.4 is 10.1 Å². The summed E-state index contributed by atoms with van der Waals surface area (Å²) >= 11 is 0. The lowest BCUT2D eigenvalue weighted by Gasteiger charge is -2.22. The maximum atomic E-state index is 12.0. The molecule has 3 nitrogen and oxygen atoms in total. The summed E-state index contributed by atoms with van der Waals surface area (Å²) < 4.78 is 39.6. The average Bonchev–Trinajstić information content (AvgIpc) is 2.29. The number of aliphatic hydroxyl groups excluding tert-OH is 1. The van der Waals surface area contributed by atoms with Crippen LogP contribution in [0.1, 0.15) is 19.4 Å². The number of nitrogens with one attached hydrogen (secondary N) is 1. The molecule has 6 heteroatoms. The highest BCUT2D eigenvalue weighted by atomic mass is 19.4. The number of hydrogen-bond acceptors (Lipinski definition) is 3. The van der Waals surface area contributed by atoms with Gasteiger partial charge in [0.2, 0.25) is 0 Å². The lowest BCUT2D eigenvalue weighted by atomic mass is 9.95. The van der Waals surface area contributed by atoms with Gasteiger partial charge in [0.1, 0.15) is 5.75 Å². The molecule has 0 bridgehead atoms. The van der Waals surface area contributed by atoms with Crippen molar-refractivity contribution in [3.8, 4) is 5.75 Å². The van der Waals surface area contributed by atoms with E-state index in [0.29, 0.717) is 13.1 Å². The maximum Gasteiger partial charge on any atom is 0.573 e. The van der Waals surface area contributed by atoms with Crippen LogP contribution in [0.5, 0.6) is 5.75 Å². The molecule has 1 aromatic rings. The molecule has 0 aliphatic rings. The van der Waals surface area contributed by atoms with Crippen molar-refractivity contribution in [2.24, 2.45) is 5.41 Å². The molecule has 108 valence electrons. The Morgan fingerprint density at radius 2 is 1.74 bits per heavy atom. The first-order chi connectivity index (χ1) is 8.72. The van der Waals surface area contributed by atoms with Gasteiger partial charge in [-0.3, -0.25) is 0 Å². The van der Waals surface area contributed by atoms with Crippen molar-refractivity contribution in [2.75, 3.05) is 13.2 Å². The van der Waals surface area contributed by atoms with E-state index in [2.05, 4.69) is 10.1 Å². The van der Waals surface area contributed by atoms with E-state index in [1.165, 1.54) is 12.1 Å². The van der Waals surface area contributed by atoms with E-state index in [1.54, 1.807) is 12.1 Å². The molecule has 0 aliphatic heterocycles. The van der Waals surface area contributed by atoms with Crippen LogP contribution in [0.2, 0.25) is 0 Å². The SMILES string of the molecule is CC(C)(CO)CNCc1ccc(OC(F)(F)F)cc1. The number of benzene rings is 1. The molecule has 0 radical (unpaired) electrons. The summed E-state index contributed by atoms with van der Waals surface area (Å²) in [5.41, 5.74) is 0.627. The molecule has 2 N–H and O–H groups in total. The predicted octanol–water partition coefficient (Wildman–Crippen LogP) is 2.69. The third-order valence-corrected chi connectivity index (χ3v) is 2.52. The minimum absolute atomic E-state index is 0.0678. The van der Waals surface area contributed by atoms with Gasteiger partial charge in [0.25, 0.3) is 0 Å². The Kier molecular flexibility index (Phi) is 5.20. The fraction of sp³-hybridized carbons (Fsp3) is 0.538. The number of aliphatic hydroxyl groups is 1. The maximum absolute atomic E-state index is 12.0. The zero-order valence-electron chi connectivity index (χ0n) is 10.9. The molecule has 0 fully saturated rings. The van der Waals surface area contributed by atoms with Gasteiger partial charge in [-0.25, -0.2) is 0 Å². The molecule has 0 saturated carbocycles. The van der Waals surface area contributed by atoms with Crippen molar-refractivity contribution >= 4 is 0 Å². The van der Waals surface area contributed by atoms with Gasteiger partial charge in [-0.15, -0.1) is 13.2 Å². The monoisotopic (exact) mass is 277 g/mol. The minimum atomic E-state index is -4.66. The molecule has 0 unspecified atom stereocenters. The molecule has 0 aromatic heterocycles. The fourth-order valence-electron chi connectivity index (χ4n) is 1.41. The molecule has 0 amide bonds. The Morgan fingerprint density at radius 1 is 1.16 bits per heavy atom. The van der Waals surface area contributed by atoms with Gasteiger partial charge in [0.15, 0.2) is 0 Å². The van der Waals surface area contributed by atoms with Gasteiger partial charge in [0, 0.05) is 25.1 Å². The highest BCUT2D eigenvalue weighted by molar-refractivity contribution is 5.27. The van der Waals surface area contributed by atoms with Crippen LogP contribution in [0.15, 0.2) is 24.3 Å². The van der Waals surface area contributed by atoms with Crippen molar-refractivity contribution in [1.29, 1.82) is 0 Å². The van der Waals surface area contributed by atoms with Gasteiger partial charge in [0.05, 0.1) is 0 Å². The topological polar surface area (TPSA) is 41.5 Å². The Balaban J connectivity index is 2.45. The van der Waals surface area contributed by atoms with Crippen LogP contribution in [0.25, 0.3) is 0 Å². The normalized spacial score (nSPS) is 12.5. The quantitative estimate of drug-likeness (QED) is 0.840. The highest BCUT2D eigenvalue weighted by Crippen LogP contribution is 2.22. The Morgan fingerprint density at radius 3 is 2.21 bits per heavy atom. The van der Waals surface area contributed by atoms with Gasteiger partial charge >= 0.3 is 6.36 Å². The van der Waals surface area contributed by atoms with Crippen LogP contribution in [0.3, 0.4) is 0 Å². The summed E-state index contributed by atoms with van der Waals surface area (Å²) in [5, 5.41) is 12.2. The highest BCUT2D eigenvalue weighted by Gasteiger charge is 2.30. The Hall–Kier alpha value is -1.27. The zero-order valence-corrected chi connectivity index (χ0v) is 10.9. The molecule has 1 aromatic carbocycles. The second-order valence-electron chi connectivity index (χ2n) is 5.12. The minimum Gasteiger partial charge on any atom is -0.406 e. The van der Waals surface area contributed by atoms with Gasteiger partial charge in [-0.2, -0.15) is 0 Å². The molecule has 0 saturated heterocycles. The summed E-state index contributed by atoms with van der Waals surface area (Å²) in [6, 6.07) is 5.70. The molecule has 19 heavy (non-hydrogen) atoms. The molecule has 0 spiro atoms. The van der Waals surface area contributed by atoms with Crippen molar-refractivity contribution < 1.29 is 23.0 Å². The fourth-order valence-corrected chi connectivity index (χ4v) is 1.41. The summed E-state index contributed by atoms with van der Waals surface area (Å²) in [5.74, 6) is -0.230. The van der Waals surface area contributed by atoms with Crippen LogP contribution in [-0.2, 0) is 6.54 Å². The van der Waals surface area contributed by atoms with Crippen LogP contribution in [0.4, 0.5) is 13.2 Å². The van der Waals surface area contributed by atoms with Gasteiger partial charge < -0.3 is 15.2 Å². The predicted molar refractivity (Wildman–Crippen MR) is 65.7 cm³/mol. The summed E-state index contributed by atoms with van der Waals surface area (Å²) in [6.07, 6.45) is -4.66. The largest absolute Gasteiger partial charge is 0.573 e. The second kappa shape index (κ2) is 6.25. The first kappa shape index (κ1) is 15.8. The molecule has 0 atom stereocenters. The van der Waals surface area contributed by atoms with Gasteiger partial charge in [-0.05, 0) is 17.7 Å². The molecule has 0 heterocycles. The van der Waals surface area contributed by atoms with E-state index in [-0.39, 0.29) is 17.8 Å². The molecule has 1 rings (SSSR count). The van der Waals surface area contributed by atoms with Crippen molar-refractivity contribution in [2.45, 2.75) is 26.8 Å². The average molecular weight is 277 g/mol. The third kappa shape index (κ3) is 6.45. The van der Waals surface area contributed by atoms with E-state index >= 15 is 0 Å². The number of hydrogen-bond donors (Lipinski definition) is 2. The standard InChI is InChI=1S/C13H18F3NO2/c1-12(2,9-18)8-17-7-10-3-5-11(6-4-10)19-13(14,15)16/h3-6,17-18H,7-9H2,1-2H3. The van der Waals surface area contributed by atoms with Crippen molar-refractivity contribution in [3.63, 3.8) is 0 Å². The van der Waals surface area contributed by atoms with E-state index in [4.69, 9.17) is 5.11 Å². The number of ether oxygens (including phenoxy) is 1. The Labute approximate surface area is 110 Å². The van der Waals surface area contributed by atoms with E-state index in [9.17, 15) is 13.2 Å². The molecule has 0 aliphatic carbocycles. The van der Waals surface area contributed by atoms with Crippen molar-refractivity contribution in [1.82, 2.24) is 5.32 Å². The van der Waals surface area contributed by atoms with Crippen LogP contribution >= 0.6 is 0 Å². The number of alkyl halides is 3. The Bertz CT molecular complexity index is 388. The van der Waals surface area contributed by atoms with E-state index in [0.717, 1.165) is 5.56 Å². The van der Waals surface area contributed by atoms with E-state index < -0.39 is 6.36 Å². The number of rotatable bonds is 6. The first-order valence-electron chi connectivity index (χ1n) is 5.88. The van der Waals surface area contributed by atoms with Crippen LogP contribution in [-0.4, -0.2) is 24.6 Å². The molecular formula is C13H18F3NO2. The summed E-state index contributed by atoms with van der Waals surface area (Å²) in [4.78, 5) is 0. The number of halogens is 3. The van der Waals surface area contributed by atoms with E-state index in [1.807, 2.05) is 13.8 Å². The summed E-state index contributed by atoms with van der Waals surface area (Å²) in [6.45, 7) is 5.04. The molecular weight excluding hydrogens is 259 g/mol. The zero-order chi connectivity index (χ0) is 14.5. The lowest BCUT2D eigenvalue weighted by Crippen LogP contribution is -2.31. The summed E-state index contributed by atoms with van der Waals surface area (Å²) in [7, 11) is 0.